The van der Waals surface area contributed by atoms with Crippen LogP contribution < -0.4 is 4.74 Å². The summed E-state index contributed by atoms with van der Waals surface area (Å²) in [6, 6.07) is 18.4. The minimum Gasteiger partial charge on any atom is -0.494 e. The van der Waals surface area contributed by atoms with Crippen LogP contribution in [0.3, 0.4) is 0 Å². The number of rotatable bonds is 14. The molecule has 3 aromatic rings. The van der Waals surface area contributed by atoms with Crippen molar-refractivity contribution in [2.75, 3.05) is 6.61 Å². The molecule has 0 bridgehead atoms. The highest BCUT2D eigenvalue weighted by Gasteiger charge is 2.16. The molecule has 0 spiro atoms. The van der Waals surface area contributed by atoms with E-state index in [4.69, 9.17) is 4.74 Å². The topological polar surface area (TPSA) is 9.23 Å². The van der Waals surface area contributed by atoms with Gasteiger partial charge in [-0.1, -0.05) is 107 Å². The zero-order valence-corrected chi connectivity index (χ0v) is 20.7. The Labute approximate surface area is 204 Å². The van der Waals surface area contributed by atoms with Gasteiger partial charge in [-0.2, -0.15) is 0 Å². The van der Waals surface area contributed by atoms with Crippen LogP contribution in [-0.4, -0.2) is 6.61 Å². The first-order chi connectivity index (χ1) is 16.6. The molecule has 0 aliphatic carbocycles. The Morgan fingerprint density at radius 2 is 1.06 bits per heavy atom. The first kappa shape index (κ1) is 25.9. The van der Waals surface area contributed by atoms with Crippen molar-refractivity contribution in [2.45, 2.75) is 78.1 Å². The van der Waals surface area contributed by atoms with Crippen molar-refractivity contribution in [3.63, 3.8) is 0 Å². The maximum atomic E-state index is 15.0. The number of hydrogen-bond acceptors (Lipinski definition) is 1. The lowest BCUT2D eigenvalue weighted by Gasteiger charge is -2.11. The van der Waals surface area contributed by atoms with Crippen LogP contribution in [-0.2, 0) is 6.42 Å². The van der Waals surface area contributed by atoms with Crippen LogP contribution in [0.4, 0.5) is 8.78 Å². The quantitative estimate of drug-likeness (QED) is 0.216. The van der Waals surface area contributed by atoms with Crippen LogP contribution in [0.2, 0.25) is 0 Å². The van der Waals surface area contributed by atoms with Crippen LogP contribution in [0.15, 0.2) is 60.7 Å². The molecule has 0 unspecified atom stereocenters. The lowest BCUT2D eigenvalue weighted by atomic mass is 9.97. The fourth-order valence-corrected chi connectivity index (χ4v) is 4.23. The van der Waals surface area contributed by atoms with Gasteiger partial charge in [0.15, 0.2) is 11.6 Å². The number of aryl methyl sites for hydroxylation is 1. The average Bonchev–Trinajstić information content (AvgIpc) is 2.87. The summed E-state index contributed by atoms with van der Waals surface area (Å²) in [5, 5.41) is 0. The Morgan fingerprint density at radius 3 is 1.62 bits per heavy atom. The Morgan fingerprint density at radius 1 is 0.559 bits per heavy atom. The Kier molecular flexibility index (Phi) is 10.6. The van der Waals surface area contributed by atoms with Crippen molar-refractivity contribution in [2.24, 2.45) is 0 Å². The van der Waals surface area contributed by atoms with Gasteiger partial charge in [0.1, 0.15) is 5.75 Å². The first-order valence-corrected chi connectivity index (χ1v) is 12.9. The zero-order chi connectivity index (χ0) is 24.2. The molecule has 0 heterocycles. The highest BCUT2D eigenvalue weighted by molar-refractivity contribution is 5.72. The van der Waals surface area contributed by atoms with Crippen molar-refractivity contribution < 1.29 is 13.5 Å². The van der Waals surface area contributed by atoms with Crippen LogP contribution in [0.1, 0.15) is 77.2 Å². The van der Waals surface area contributed by atoms with E-state index in [1.165, 1.54) is 50.5 Å². The van der Waals surface area contributed by atoms with E-state index < -0.39 is 11.6 Å². The molecule has 0 radical (unpaired) electrons. The van der Waals surface area contributed by atoms with E-state index in [1.54, 1.807) is 24.3 Å². The van der Waals surface area contributed by atoms with Gasteiger partial charge in [0.05, 0.1) is 6.61 Å². The second kappa shape index (κ2) is 13.9. The third-order valence-electron chi connectivity index (χ3n) is 6.35. The lowest BCUT2D eigenvalue weighted by Crippen LogP contribution is -1.97. The zero-order valence-electron chi connectivity index (χ0n) is 20.7. The standard InChI is InChI=1S/C31H38F2O/c1-3-5-7-9-11-23-34-27-19-17-26(18-20-27)29-22-21-28(30(32)31(29)33)25-15-13-24(14-16-25)12-10-8-6-4-2/h13-22H,3-12,23H2,1-2H3. The number of unbranched alkanes of at least 4 members (excludes halogenated alkanes) is 7. The summed E-state index contributed by atoms with van der Waals surface area (Å²) in [5.41, 5.74) is 3.13. The lowest BCUT2D eigenvalue weighted by molar-refractivity contribution is 0.304. The molecule has 3 aromatic carbocycles. The number of hydrogen-bond donors (Lipinski definition) is 0. The largest absolute Gasteiger partial charge is 0.494 e. The maximum Gasteiger partial charge on any atom is 0.167 e. The van der Waals surface area contributed by atoms with E-state index >= 15 is 0 Å². The summed E-state index contributed by atoms with van der Waals surface area (Å²) in [6.45, 7) is 5.08. The summed E-state index contributed by atoms with van der Waals surface area (Å²) in [6.07, 6.45) is 11.8. The van der Waals surface area contributed by atoms with Crippen LogP contribution in [0.25, 0.3) is 22.3 Å². The van der Waals surface area contributed by atoms with E-state index in [1.807, 2.05) is 36.4 Å². The molecule has 0 saturated heterocycles. The molecule has 3 rings (SSSR count). The van der Waals surface area contributed by atoms with Gasteiger partial charge in [-0.15, -0.1) is 0 Å². The van der Waals surface area contributed by atoms with E-state index in [0.717, 1.165) is 25.0 Å². The molecular weight excluding hydrogens is 426 g/mol. The van der Waals surface area contributed by atoms with Crippen LogP contribution >= 0.6 is 0 Å². The molecule has 0 fully saturated rings. The van der Waals surface area contributed by atoms with Gasteiger partial charge in [-0.3, -0.25) is 0 Å². The summed E-state index contributed by atoms with van der Waals surface area (Å²) >= 11 is 0. The highest BCUT2D eigenvalue weighted by Crippen LogP contribution is 2.32. The number of ether oxygens (including phenoxy) is 1. The van der Waals surface area contributed by atoms with E-state index in [9.17, 15) is 8.78 Å². The van der Waals surface area contributed by atoms with E-state index in [2.05, 4.69) is 13.8 Å². The molecular formula is C31H38F2O. The third-order valence-corrected chi connectivity index (χ3v) is 6.35. The predicted molar refractivity (Wildman–Crippen MR) is 139 cm³/mol. The van der Waals surface area contributed by atoms with Gasteiger partial charge in [0, 0.05) is 11.1 Å². The fourth-order valence-electron chi connectivity index (χ4n) is 4.23. The third kappa shape index (κ3) is 7.41. The van der Waals surface area contributed by atoms with E-state index in [0.29, 0.717) is 23.3 Å². The van der Waals surface area contributed by atoms with Crippen molar-refractivity contribution in [3.05, 3.63) is 77.9 Å². The molecule has 3 heteroatoms. The molecule has 182 valence electrons. The molecule has 1 nitrogen and oxygen atoms in total. The van der Waals surface area contributed by atoms with Gasteiger partial charge in [-0.05, 0) is 48.1 Å². The predicted octanol–water partition coefficient (Wildman–Crippen LogP) is 9.77. The van der Waals surface area contributed by atoms with E-state index in [-0.39, 0.29) is 5.56 Å². The van der Waals surface area contributed by atoms with Gasteiger partial charge >= 0.3 is 0 Å². The van der Waals surface area contributed by atoms with Crippen LogP contribution in [0, 0.1) is 11.6 Å². The Bertz CT molecular complexity index is 993. The second-order valence-electron chi connectivity index (χ2n) is 9.08. The fraction of sp³-hybridized carbons (Fsp3) is 0.419. The molecule has 0 saturated carbocycles. The minimum absolute atomic E-state index is 0.264. The molecule has 0 N–H and O–H groups in total. The summed E-state index contributed by atoms with van der Waals surface area (Å²) in [5.74, 6) is -0.863. The van der Waals surface area contributed by atoms with Crippen molar-refractivity contribution >= 4 is 0 Å². The summed E-state index contributed by atoms with van der Waals surface area (Å²) < 4.78 is 35.8. The van der Waals surface area contributed by atoms with Crippen LogP contribution in [0.5, 0.6) is 5.75 Å². The number of benzene rings is 3. The minimum atomic E-state index is -0.814. The van der Waals surface area contributed by atoms with Gasteiger partial charge in [0.25, 0.3) is 0 Å². The summed E-state index contributed by atoms with van der Waals surface area (Å²) in [7, 11) is 0. The van der Waals surface area contributed by atoms with Crippen molar-refractivity contribution in [1.82, 2.24) is 0 Å². The van der Waals surface area contributed by atoms with Crippen molar-refractivity contribution in [1.29, 1.82) is 0 Å². The van der Waals surface area contributed by atoms with Gasteiger partial charge < -0.3 is 4.74 Å². The maximum absolute atomic E-state index is 15.0. The molecule has 0 aromatic heterocycles. The molecule has 34 heavy (non-hydrogen) atoms. The molecule has 0 atom stereocenters. The first-order valence-electron chi connectivity index (χ1n) is 12.9. The van der Waals surface area contributed by atoms with Gasteiger partial charge in [-0.25, -0.2) is 8.78 Å². The Hall–Kier alpha value is -2.68. The monoisotopic (exact) mass is 464 g/mol. The molecule has 0 aliphatic heterocycles. The van der Waals surface area contributed by atoms with Gasteiger partial charge in [0.2, 0.25) is 0 Å². The SMILES string of the molecule is CCCCCCCOc1ccc(-c2ccc(-c3ccc(CCCCCC)cc3)c(F)c2F)cc1. The molecule has 0 amide bonds. The number of halogens is 2. The molecule has 0 aliphatic rings. The van der Waals surface area contributed by atoms with Crippen molar-refractivity contribution in [3.8, 4) is 28.0 Å². The summed E-state index contributed by atoms with van der Waals surface area (Å²) in [4.78, 5) is 0. The Balaban J connectivity index is 1.63. The second-order valence-corrected chi connectivity index (χ2v) is 9.08. The highest BCUT2D eigenvalue weighted by atomic mass is 19.2. The normalized spacial score (nSPS) is 11.1. The smallest absolute Gasteiger partial charge is 0.167 e. The average molecular weight is 465 g/mol.